The highest BCUT2D eigenvalue weighted by atomic mass is 32.2. The first-order valence-corrected chi connectivity index (χ1v) is 8.40. The molecule has 0 radical (unpaired) electrons. The SMILES string of the molecule is Cn1ccnc1Sc1ccccc1NC(=O)CCCn1cncn1. The largest absolute Gasteiger partial charge is 0.329 e. The topological polar surface area (TPSA) is 77.6 Å². The number of rotatable bonds is 7. The molecule has 2 aromatic heterocycles. The Morgan fingerprint density at radius 3 is 2.96 bits per heavy atom. The van der Waals surface area contributed by atoms with Crippen molar-refractivity contribution in [3.8, 4) is 0 Å². The molecule has 0 atom stereocenters. The fourth-order valence-corrected chi connectivity index (χ4v) is 3.06. The van der Waals surface area contributed by atoms with Crippen molar-refractivity contribution in [1.29, 1.82) is 0 Å². The number of hydrogen-bond donors (Lipinski definition) is 1. The first kappa shape index (κ1) is 16.3. The lowest BCUT2D eigenvalue weighted by Gasteiger charge is -2.10. The Morgan fingerprint density at radius 2 is 2.21 bits per heavy atom. The maximum absolute atomic E-state index is 12.2. The third-order valence-corrected chi connectivity index (χ3v) is 4.55. The average molecular weight is 342 g/mol. The van der Waals surface area contributed by atoms with E-state index >= 15 is 0 Å². The van der Waals surface area contributed by atoms with Gasteiger partial charge in [-0.25, -0.2) is 9.97 Å². The molecule has 0 bridgehead atoms. The number of aromatic nitrogens is 5. The van der Waals surface area contributed by atoms with E-state index in [0.29, 0.717) is 19.4 Å². The molecule has 0 fully saturated rings. The van der Waals surface area contributed by atoms with Crippen LogP contribution in [0.1, 0.15) is 12.8 Å². The molecular formula is C16H18N6OS. The van der Waals surface area contributed by atoms with Gasteiger partial charge in [0.15, 0.2) is 5.16 Å². The van der Waals surface area contributed by atoms with E-state index in [0.717, 1.165) is 15.7 Å². The van der Waals surface area contributed by atoms with Gasteiger partial charge in [-0.1, -0.05) is 12.1 Å². The molecule has 3 rings (SSSR count). The molecular weight excluding hydrogens is 324 g/mol. The minimum Gasteiger partial charge on any atom is -0.329 e. The number of para-hydroxylation sites is 1. The Kier molecular flexibility index (Phi) is 5.27. The fourth-order valence-electron chi connectivity index (χ4n) is 2.17. The average Bonchev–Trinajstić information content (AvgIpc) is 3.22. The van der Waals surface area contributed by atoms with Gasteiger partial charge in [0.05, 0.1) is 5.69 Å². The number of carbonyl (C=O) groups excluding carboxylic acids is 1. The van der Waals surface area contributed by atoms with Crippen LogP contribution in [0.2, 0.25) is 0 Å². The smallest absolute Gasteiger partial charge is 0.224 e. The van der Waals surface area contributed by atoms with Crippen molar-refractivity contribution in [2.45, 2.75) is 29.4 Å². The number of nitrogens with one attached hydrogen (secondary N) is 1. The molecule has 0 saturated carbocycles. The van der Waals surface area contributed by atoms with E-state index in [9.17, 15) is 4.79 Å². The van der Waals surface area contributed by atoms with Gasteiger partial charge in [-0.2, -0.15) is 5.10 Å². The molecule has 1 aromatic carbocycles. The number of nitrogens with zero attached hydrogens (tertiary/aromatic N) is 5. The summed E-state index contributed by atoms with van der Waals surface area (Å²) in [6, 6.07) is 7.74. The van der Waals surface area contributed by atoms with Gasteiger partial charge in [0, 0.05) is 37.3 Å². The van der Waals surface area contributed by atoms with E-state index in [1.54, 1.807) is 17.2 Å². The van der Waals surface area contributed by atoms with Gasteiger partial charge in [0.1, 0.15) is 12.7 Å². The molecule has 1 N–H and O–H groups in total. The van der Waals surface area contributed by atoms with Crippen molar-refractivity contribution in [1.82, 2.24) is 24.3 Å². The normalized spacial score (nSPS) is 10.7. The number of aryl methyl sites for hydroxylation is 2. The summed E-state index contributed by atoms with van der Waals surface area (Å²) >= 11 is 1.53. The summed E-state index contributed by atoms with van der Waals surface area (Å²) in [6.45, 7) is 0.678. The highest BCUT2D eigenvalue weighted by molar-refractivity contribution is 7.99. The molecule has 3 aromatic rings. The summed E-state index contributed by atoms with van der Waals surface area (Å²) in [5, 5.41) is 7.88. The van der Waals surface area contributed by atoms with Crippen molar-refractivity contribution in [2.24, 2.45) is 7.05 Å². The van der Waals surface area contributed by atoms with Crippen LogP contribution in [-0.2, 0) is 18.4 Å². The second-order valence-corrected chi connectivity index (χ2v) is 6.24. The van der Waals surface area contributed by atoms with Crippen molar-refractivity contribution in [3.63, 3.8) is 0 Å². The lowest BCUT2D eigenvalue weighted by atomic mass is 10.2. The van der Waals surface area contributed by atoms with Crippen LogP contribution in [0.25, 0.3) is 0 Å². The van der Waals surface area contributed by atoms with Crippen molar-refractivity contribution < 1.29 is 4.79 Å². The lowest BCUT2D eigenvalue weighted by molar-refractivity contribution is -0.116. The summed E-state index contributed by atoms with van der Waals surface area (Å²) in [7, 11) is 1.95. The molecule has 124 valence electrons. The van der Waals surface area contributed by atoms with Crippen LogP contribution in [0, 0.1) is 0 Å². The molecule has 0 aliphatic rings. The van der Waals surface area contributed by atoms with Crippen LogP contribution in [0.4, 0.5) is 5.69 Å². The van der Waals surface area contributed by atoms with Gasteiger partial charge in [0.2, 0.25) is 5.91 Å². The van der Waals surface area contributed by atoms with E-state index < -0.39 is 0 Å². The number of hydrogen-bond acceptors (Lipinski definition) is 5. The summed E-state index contributed by atoms with van der Waals surface area (Å²) in [5.74, 6) is -0.0111. The van der Waals surface area contributed by atoms with Gasteiger partial charge in [-0.05, 0) is 30.3 Å². The zero-order valence-corrected chi connectivity index (χ0v) is 14.1. The minimum absolute atomic E-state index is 0.0111. The number of imidazole rings is 1. The highest BCUT2D eigenvalue weighted by Crippen LogP contribution is 2.32. The Bertz CT molecular complexity index is 799. The lowest BCUT2D eigenvalue weighted by Crippen LogP contribution is -2.13. The molecule has 8 heteroatoms. The summed E-state index contributed by atoms with van der Waals surface area (Å²) in [6.07, 6.45) is 7.94. The summed E-state index contributed by atoms with van der Waals surface area (Å²) < 4.78 is 3.67. The van der Waals surface area contributed by atoms with Crippen molar-refractivity contribution in [3.05, 3.63) is 49.3 Å². The molecule has 2 heterocycles. The summed E-state index contributed by atoms with van der Waals surface area (Å²) in [5.41, 5.74) is 0.802. The Labute approximate surface area is 144 Å². The van der Waals surface area contributed by atoms with E-state index in [1.807, 2.05) is 42.1 Å². The highest BCUT2D eigenvalue weighted by Gasteiger charge is 2.10. The summed E-state index contributed by atoms with van der Waals surface area (Å²) in [4.78, 5) is 21.3. The Hall–Kier alpha value is -2.61. The van der Waals surface area contributed by atoms with Crippen LogP contribution in [0.15, 0.2) is 59.4 Å². The number of amides is 1. The molecule has 0 saturated heterocycles. The van der Waals surface area contributed by atoms with Gasteiger partial charge in [-0.3, -0.25) is 9.48 Å². The second-order valence-electron chi connectivity index (χ2n) is 5.23. The van der Waals surface area contributed by atoms with E-state index in [4.69, 9.17) is 0 Å². The van der Waals surface area contributed by atoms with E-state index in [1.165, 1.54) is 18.1 Å². The molecule has 0 spiro atoms. The third-order valence-electron chi connectivity index (χ3n) is 3.40. The maximum atomic E-state index is 12.2. The Balaban J connectivity index is 1.58. The van der Waals surface area contributed by atoms with E-state index in [-0.39, 0.29) is 5.91 Å². The van der Waals surface area contributed by atoms with Crippen molar-refractivity contribution in [2.75, 3.05) is 5.32 Å². The molecule has 1 amide bonds. The van der Waals surface area contributed by atoms with Crippen LogP contribution in [0.5, 0.6) is 0 Å². The number of carbonyl (C=O) groups is 1. The van der Waals surface area contributed by atoms with Crippen LogP contribution in [0.3, 0.4) is 0 Å². The van der Waals surface area contributed by atoms with Gasteiger partial charge < -0.3 is 9.88 Å². The van der Waals surface area contributed by atoms with Gasteiger partial charge >= 0.3 is 0 Å². The maximum Gasteiger partial charge on any atom is 0.224 e. The zero-order chi connectivity index (χ0) is 16.8. The van der Waals surface area contributed by atoms with Gasteiger partial charge in [-0.15, -0.1) is 0 Å². The predicted molar refractivity (Wildman–Crippen MR) is 91.7 cm³/mol. The molecule has 0 unspecified atom stereocenters. The molecule has 24 heavy (non-hydrogen) atoms. The molecule has 7 nitrogen and oxygen atoms in total. The van der Waals surface area contributed by atoms with Gasteiger partial charge in [0.25, 0.3) is 0 Å². The van der Waals surface area contributed by atoms with Crippen LogP contribution >= 0.6 is 11.8 Å². The first-order valence-electron chi connectivity index (χ1n) is 7.59. The first-order chi connectivity index (χ1) is 11.7. The minimum atomic E-state index is -0.0111. The van der Waals surface area contributed by atoms with Crippen molar-refractivity contribution >= 4 is 23.4 Å². The van der Waals surface area contributed by atoms with Crippen LogP contribution in [-0.4, -0.2) is 30.2 Å². The number of anilines is 1. The zero-order valence-electron chi connectivity index (χ0n) is 13.3. The molecule has 0 aliphatic carbocycles. The van der Waals surface area contributed by atoms with E-state index in [2.05, 4.69) is 20.4 Å². The monoisotopic (exact) mass is 342 g/mol. The number of benzene rings is 1. The quantitative estimate of drug-likeness (QED) is 0.714. The Morgan fingerprint density at radius 1 is 1.33 bits per heavy atom. The molecule has 0 aliphatic heterocycles. The second kappa shape index (κ2) is 7.78. The fraction of sp³-hybridized carbons (Fsp3) is 0.250. The predicted octanol–water partition coefficient (Wildman–Crippen LogP) is 2.58. The third kappa shape index (κ3) is 4.23. The standard InChI is InChI=1S/C16H18N6OS/c1-21-10-8-18-16(21)24-14-6-3-2-5-13(14)20-15(23)7-4-9-22-12-17-11-19-22/h2-3,5-6,8,10-12H,4,7,9H2,1H3,(H,20,23). The van der Waals surface area contributed by atoms with Crippen LogP contribution < -0.4 is 5.32 Å².